The summed E-state index contributed by atoms with van der Waals surface area (Å²) in [5, 5.41) is 0. The van der Waals surface area contributed by atoms with Crippen LogP contribution < -0.4 is 14.5 Å². The van der Waals surface area contributed by atoms with E-state index in [1.54, 1.807) is 42.3 Å². The molecule has 4 aromatic carbocycles. The third kappa shape index (κ3) is 3.89. The number of nitrogens with zero attached hydrogens (tertiary/aromatic N) is 2. The molecule has 4 aromatic rings. The Hall–Kier alpha value is -4.46. The number of benzene rings is 4. The van der Waals surface area contributed by atoms with E-state index in [1.807, 2.05) is 36.4 Å². The second kappa shape index (κ2) is 9.33. The smallest absolute Gasteiger partial charge is 0.416 e. The molecule has 1 atom stereocenters. The summed E-state index contributed by atoms with van der Waals surface area (Å²) in [6, 6.07) is 23.7. The number of hydrogen-bond donors (Lipinski definition) is 0. The first kappa shape index (κ1) is 25.8. The Labute approximate surface area is 230 Å². The number of fused-ring (bicyclic) bond motifs is 6. The van der Waals surface area contributed by atoms with Crippen LogP contribution in [0.3, 0.4) is 0 Å². The van der Waals surface area contributed by atoms with Crippen LogP contribution in [-0.2, 0) is 16.5 Å². The molecule has 1 unspecified atom stereocenters. The Morgan fingerprint density at radius 2 is 1.48 bits per heavy atom. The van der Waals surface area contributed by atoms with Gasteiger partial charge in [-0.05, 0) is 68.4 Å². The Bertz CT molecular complexity index is 1630. The van der Waals surface area contributed by atoms with Crippen molar-refractivity contribution in [3.8, 4) is 11.5 Å². The minimum Gasteiger partial charge on any atom is -0.456 e. The molecular formula is C32H27F3N2O3. The lowest BCUT2D eigenvalue weighted by molar-refractivity contribution is -0.137. The Balaban J connectivity index is 1.53. The molecular weight excluding hydrogens is 517 g/mol. The van der Waals surface area contributed by atoms with Gasteiger partial charge in [0.2, 0.25) is 0 Å². The van der Waals surface area contributed by atoms with Crippen molar-refractivity contribution < 1.29 is 27.4 Å². The molecule has 0 radical (unpaired) electrons. The van der Waals surface area contributed by atoms with Crippen LogP contribution >= 0.6 is 0 Å². The van der Waals surface area contributed by atoms with Gasteiger partial charge in [-0.3, -0.25) is 0 Å². The van der Waals surface area contributed by atoms with E-state index >= 15 is 0 Å². The lowest BCUT2D eigenvalue weighted by Crippen LogP contribution is -2.33. The topological polar surface area (TPSA) is 42.0 Å². The van der Waals surface area contributed by atoms with Crippen molar-refractivity contribution in [1.29, 1.82) is 0 Å². The summed E-state index contributed by atoms with van der Waals surface area (Å²) in [6.07, 6.45) is -4.46. The van der Waals surface area contributed by atoms with Crippen molar-refractivity contribution in [3.05, 3.63) is 113 Å². The van der Waals surface area contributed by atoms with Gasteiger partial charge >= 0.3 is 12.1 Å². The molecule has 204 valence electrons. The van der Waals surface area contributed by atoms with Crippen molar-refractivity contribution >= 4 is 23.0 Å². The lowest BCUT2D eigenvalue weighted by Gasteiger charge is -2.38. The highest BCUT2D eigenvalue weighted by atomic mass is 19.4. The number of rotatable bonds is 5. The van der Waals surface area contributed by atoms with E-state index in [9.17, 15) is 18.0 Å². The fraction of sp³-hybridized carbons (Fsp3) is 0.219. The Morgan fingerprint density at radius 3 is 2.23 bits per heavy atom. The van der Waals surface area contributed by atoms with E-state index in [0.717, 1.165) is 30.9 Å². The molecule has 2 aliphatic heterocycles. The molecule has 0 bridgehead atoms. The van der Waals surface area contributed by atoms with Gasteiger partial charge in [0.05, 0.1) is 11.1 Å². The molecule has 8 heteroatoms. The maximum atomic E-state index is 13.4. The van der Waals surface area contributed by atoms with E-state index in [1.165, 1.54) is 6.07 Å². The van der Waals surface area contributed by atoms with Gasteiger partial charge in [0.1, 0.15) is 11.5 Å². The molecule has 0 N–H and O–H groups in total. The summed E-state index contributed by atoms with van der Waals surface area (Å²) in [7, 11) is 1.70. The van der Waals surface area contributed by atoms with E-state index < -0.39 is 23.3 Å². The molecule has 0 saturated carbocycles. The number of carbonyl (C=O) groups is 1. The Kier molecular flexibility index (Phi) is 6.02. The van der Waals surface area contributed by atoms with Crippen molar-refractivity contribution in [3.63, 3.8) is 0 Å². The van der Waals surface area contributed by atoms with E-state index in [0.29, 0.717) is 45.1 Å². The molecule has 2 aliphatic rings. The molecule has 0 aromatic heterocycles. The monoisotopic (exact) mass is 544 g/mol. The molecule has 0 amide bonds. The van der Waals surface area contributed by atoms with Crippen LogP contribution in [0, 0.1) is 0 Å². The fourth-order valence-electron chi connectivity index (χ4n) is 5.68. The summed E-state index contributed by atoms with van der Waals surface area (Å²) in [4.78, 5) is 17.1. The summed E-state index contributed by atoms with van der Waals surface area (Å²) in [6.45, 7) is 5.80. The third-order valence-corrected chi connectivity index (χ3v) is 7.76. The molecule has 0 aliphatic carbocycles. The van der Waals surface area contributed by atoms with Crippen LogP contribution in [0.15, 0.2) is 84.9 Å². The number of carbonyl (C=O) groups excluding carboxylic acids is 1. The summed E-state index contributed by atoms with van der Waals surface area (Å²) < 4.78 is 52.9. The number of esters is 1. The number of anilines is 3. The van der Waals surface area contributed by atoms with Crippen molar-refractivity contribution in [1.82, 2.24) is 0 Å². The summed E-state index contributed by atoms with van der Waals surface area (Å²) in [5.41, 5.74) is 2.41. The van der Waals surface area contributed by atoms with Crippen molar-refractivity contribution in [2.24, 2.45) is 0 Å². The lowest BCUT2D eigenvalue weighted by atomic mass is 9.77. The van der Waals surface area contributed by atoms with Gasteiger partial charge in [0, 0.05) is 60.0 Å². The van der Waals surface area contributed by atoms with Gasteiger partial charge in [-0.2, -0.15) is 13.2 Å². The highest BCUT2D eigenvalue weighted by Crippen LogP contribution is 2.57. The molecule has 0 fully saturated rings. The number of alkyl halides is 3. The molecule has 5 nitrogen and oxygen atoms in total. The van der Waals surface area contributed by atoms with E-state index in [-0.39, 0.29) is 0 Å². The third-order valence-electron chi connectivity index (χ3n) is 7.76. The standard InChI is InChI=1S/C32H27F3N2O3/c1-4-37(5-2)23-13-15-26-29(19-23)39-28-16-14-22(36(3)21-10-8-9-20(17-21)32(33,34)35)18-27(28)31(26)25-12-7-6-11-24(25)30(38)40-31/h6-19H,4-5H2,1-3H3. The van der Waals surface area contributed by atoms with E-state index in [2.05, 4.69) is 18.7 Å². The van der Waals surface area contributed by atoms with Gasteiger partial charge in [0.15, 0.2) is 5.60 Å². The van der Waals surface area contributed by atoms with Crippen LogP contribution in [0.5, 0.6) is 11.5 Å². The zero-order valence-corrected chi connectivity index (χ0v) is 22.3. The van der Waals surface area contributed by atoms with Gasteiger partial charge in [-0.1, -0.05) is 24.3 Å². The van der Waals surface area contributed by atoms with E-state index in [4.69, 9.17) is 9.47 Å². The molecule has 40 heavy (non-hydrogen) atoms. The predicted molar refractivity (Wildman–Crippen MR) is 148 cm³/mol. The number of hydrogen-bond acceptors (Lipinski definition) is 5. The SMILES string of the molecule is CCN(CC)c1ccc2c(c1)Oc1ccc(N(C)c3cccc(C(F)(F)F)c3)cc1C21OC(=O)c2ccccc21. The van der Waals surface area contributed by atoms with Crippen LogP contribution in [0.4, 0.5) is 30.2 Å². The van der Waals surface area contributed by atoms with Crippen molar-refractivity contribution in [2.45, 2.75) is 25.6 Å². The van der Waals surface area contributed by atoms with Crippen LogP contribution in [-0.4, -0.2) is 26.1 Å². The summed E-state index contributed by atoms with van der Waals surface area (Å²) >= 11 is 0. The maximum absolute atomic E-state index is 13.4. The second-order valence-electron chi connectivity index (χ2n) is 9.86. The number of halogens is 3. The molecule has 6 rings (SSSR count). The molecule has 2 heterocycles. The normalized spacial score (nSPS) is 17.0. The van der Waals surface area contributed by atoms with Crippen LogP contribution in [0.2, 0.25) is 0 Å². The number of ether oxygens (including phenoxy) is 2. The zero-order chi connectivity index (χ0) is 28.2. The van der Waals surface area contributed by atoms with Crippen LogP contribution in [0.1, 0.15) is 46.5 Å². The maximum Gasteiger partial charge on any atom is 0.416 e. The first-order chi connectivity index (χ1) is 19.2. The summed E-state index contributed by atoms with van der Waals surface area (Å²) in [5.74, 6) is 0.647. The predicted octanol–water partition coefficient (Wildman–Crippen LogP) is 7.89. The van der Waals surface area contributed by atoms with Gasteiger partial charge in [0.25, 0.3) is 0 Å². The minimum absolute atomic E-state index is 0.369. The quantitative estimate of drug-likeness (QED) is 0.239. The average Bonchev–Trinajstić information content (AvgIpc) is 3.25. The van der Waals surface area contributed by atoms with Gasteiger partial charge in [-0.15, -0.1) is 0 Å². The fourth-order valence-corrected chi connectivity index (χ4v) is 5.68. The van der Waals surface area contributed by atoms with Gasteiger partial charge in [-0.25, -0.2) is 4.79 Å². The average molecular weight is 545 g/mol. The highest BCUT2D eigenvalue weighted by molar-refractivity contribution is 5.97. The molecule has 1 spiro atoms. The highest BCUT2D eigenvalue weighted by Gasteiger charge is 2.53. The second-order valence-corrected chi connectivity index (χ2v) is 9.86. The zero-order valence-electron chi connectivity index (χ0n) is 22.3. The van der Waals surface area contributed by atoms with Crippen molar-refractivity contribution in [2.75, 3.05) is 29.9 Å². The molecule has 0 saturated heterocycles. The first-order valence-electron chi connectivity index (χ1n) is 13.1. The van der Waals surface area contributed by atoms with Crippen LogP contribution in [0.25, 0.3) is 0 Å². The van der Waals surface area contributed by atoms with Gasteiger partial charge < -0.3 is 19.3 Å². The first-order valence-corrected chi connectivity index (χ1v) is 13.1. The largest absolute Gasteiger partial charge is 0.456 e. The minimum atomic E-state index is -4.46. The Morgan fingerprint density at radius 1 is 0.750 bits per heavy atom.